The summed E-state index contributed by atoms with van der Waals surface area (Å²) in [5, 5.41) is 11.1. The summed E-state index contributed by atoms with van der Waals surface area (Å²) in [6.07, 6.45) is 2.99. The second kappa shape index (κ2) is 8.03. The van der Waals surface area contributed by atoms with Crippen LogP contribution in [-0.2, 0) is 6.54 Å². The lowest BCUT2D eigenvalue weighted by atomic mass is 10.2. The van der Waals surface area contributed by atoms with E-state index in [4.69, 9.17) is 4.42 Å². The van der Waals surface area contributed by atoms with Gasteiger partial charge in [0.1, 0.15) is 5.82 Å². The third-order valence-electron chi connectivity index (χ3n) is 4.55. The summed E-state index contributed by atoms with van der Waals surface area (Å²) in [6, 6.07) is 9.93. The topological polar surface area (TPSA) is 87.4 Å². The van der Waals surface area contributed by atoms with Crippen LogP contribution in [-0.4, -0.2) is 52.2 Å². The van der Waals surface area contributed by atoms with Gasteiger partial charge in [-0.3, -0.25) is 4.79 Å². The van der Waals surface area contributed by atoms with E-state index in [2.05, 4.69) is 20.5 Å². The molecule has 1 saturated heterocycles. The average Bonchev–Trinajstić information content (AvgIpc) is 3.28. The van der Waals surface area contributed by atoms with Gasteiger partial charge < -0.3 is 19.5 Å². The number of hydrogen-bond acceptors (Lipinski definition) is 7. The zero-order chi connectivity index (χ0) is 19.3. The fourth-order valence-electron chi connectivity index (χ4n) is 3.01. The molecule has 2 aromatic heterocycles. The highest BCUT2D eigenvalue weighted by molar-refractivity contribution is 5.91. The molecule has 0 bridgehead atoms. The second-order valence-corrected chi connectivity index (χ2v) is 6.34. The Morgan fingerprint density at radius 2 is 1.96 bits per heavy atom. The average molecular weight is 382 g/mol. The SMILES string of the molecule is O=C(c1ccco1)N1CCN(c2nncc(NCc3ccccc3F)n2)CC1. The van der Waals surface area contributed by atoms with Crippen LogP contribution in [0.2, 0.25) is 0 Å². The third-order valence-corrected chi connectivity index (χ3v) is 4.55. The van der Waals surface area contributed by atoms with Crippen LogP contribution in [0.15, 0.2) is 53.3 Å². The minimum Gasteiger partial charge on any atom is -0.459 e. The normalized spacial score (nSPS) is 14.2. The molecule has 8 nitrogen and oxygen atoms in total. The van der Waals surface area contributed by atoms with Gasteiger partial charge in [0.05, 0.1) is 12.5 Å². The highest BCUT2D eigenvalue weighted by Crippen LogP contribution is 2.15. The Bertz CT molecular complexity index is 941. The van der Waals surface area contributed by atoms with E-state index in [9.17, 15) is 9.18 Å². The van der Waals surface area contributed by atoms with E-state index in [-0.39, 0.29) is 11.7 Å². The second-order valence-electron chi connectivity index (χ2n) is 6.34. The molecule has 1 N–H and O–H groups in total. The smallest absolute Gasteiger partial charge is 0.289 e. The van der Waals surface area contributed by atoms with Crippen LogP contribution in [0.4, 0.5) is 16.2 Å². The van der Waals surface area contributed by atoms with Crippen molar-refractivity contribution in [2.75, 3.05) is 36.4 Å². The number of rotatable bonds is 5. The first-order chi connectivity index (χ1) is 13.7. The van der Waals surface area contributed by atoms with E-state index in [0.717, 1.165) is 0 Å². The van der Waals surface area contributed by atoms with Gasteiger partial charge in [-0.15, -0.1) is 5.10 Å². The largest absolute Gasteiger partial charge is 0.459 e. The van der Waals surface area contributed by atoms with Gasteiger partial charge in [-0.25, -0.2) is 4.39 Å². The summed E-state index contributed by atoms with van der Waals surface area (Å²) in [5.41, 5.74) is 0.549. The maximum Gasteiger partial charge on any atom is 0.289 e. The first-order valence-corrected chi connectivity index (χ1v) is 8.95. The molecule has 0 spiro atoms. The molecule has 0 saturated carbocycles. The summed E-state index contributed by atoms with van der Waals surface area (Å²) in [4.78, 5) is 20.5. The van der Waals surface area contributed by atoms with Crippen molar-refractivity contribution in [3.05, 3.63) is 66.0 Å². The zero-order valence-corrected chi connectivity index (χ0v) is 15.1. The molecule has 144 valence electrons. The van der Waals surface area contributed by atoms with E-state index in [1.807, 2.05) is 4.90 Å². The van der Waals surface area contributed by atoms with Crippen molar-refractivity contribution in [2.24, 2.45) is 0 Å². The van der Waals surface area contributed by atoms with Crippen molar-refractivity contribution in [3.63, 3.8) is 0 Å². The number of hydrogen-bond donors (Lipinski definition) is 1. The molecule has 1 amide bonds. The number of aromatic nitrogens is 3. The van der Waals surface area contributed by atoms with Gasteiger partial charge in [0, 0.05) is 38.3 Å². The Morgan fingerprint density at radius 3 is 2.71 bits per heavy atom. The number of carbonyl (C=O) groups is 1. The molecular formula is C19H19FN6O2. The summed E-state index contributed by atoms with van der Waals surface area (Å²) in [5.74, 6) is 0.940. The van der Waals surface area contributed by atoms with Crippen LogP contribution in [0, 0.1) is 5.82 Å². The van der Waals surface area contributed by atoms with Crippen molar-refractivity contribution < 1.29 is 13.6 Å². The fourth-order valence-corrected chi connectivity index (χ4v) is 3.01. The monoisotopic (exact) mass is 382 g/mol. The molecule has 9 heteroatoms. The zero-order valence-electron chi connectivity index (χ0n) is 15.1. The van der Waals surface area contributed by atoms with Crippen molar-refractivity contribution >= 4 is 17.7 Å². The molecule has 1 aliphatic rings. The van der Waals surface area contributed by atoms with Crippen LogP contribution in [0.5, 0.6) is 0 Å². The summed E-state index contributed by atoms with van der Waals surface area (Å²) in [7, 11) is 0. The molecule has 3 aromatic rings. The third kappa shape index (κ3) is 3.93. The van der Waals surface area contributed by atoms with E-state index < -0.39 is 0 Å². The van der Waals surface area contributed by atoms with Gasteiger partial charge in [0.25, 0.3) is 5.91 Å². The van der Waals surface area contributed by atoms with Crippen LogP contribution < -0.4 is 10.2 Å². The van der Waals surface area contributed by atoms with Crippen molar-refractivity contribution in [2.45, 2.75) is 6.54 Å². The lowest BCUT2D eigenvalue weighted by Gasteiger charge is -2.34. The standard InChI is InChI=1S/C19H19FN6O2/c20-15-5-2-1-4-14(15)12-21-17-13-22-24-19(23-17)26-9-7-25(8-10-26)18(27)16-6-3-11-28-16/h1-6,11,13H,7-10,12H2,(H,21,23,24). The quantitative estimate of drug-likeness (QED) is 0.724. The lowest BCUT2D eigenvalue weighted by Crippen LogP contribution is -2.49. The van der Waals surface area contributed by atoms with Crippen LogP contribution in [0.3, 0.4) is 0 Å². The number of halogens is 1. The predicted octanol–water partition coefficient (Wildman–Crippen LogP) is 2.18. The molecule has 0 atom stereocenters. The number of furan rings is 1. The van der Waals surface area contributed by atoms with Gasteiger partial charge in [0.2, 0.25) is 5.95 Å². The molecule has 4 rings (SSSR count). The summed E-state index contributed by atoms with van der Waals surface area (Å²) in [6.45, 7) is 2.55. The van der Waals surface area contributed by atoms with Crippen molar-refractivity contribution in [3.8, 4) is 0 Å². The Hall–Kier alpha value is -3.49. The minimum atomic E-state index is -0.269. The van der Waals surface area contributed by atoms with Crippen LogP contribution in [0.1, 0.15) is 16.1 Å². The number of piperazine rings is 1. The molecule has 3 heterocycles. The molecule has 0 unspecified atom stereocenters. The molecule has 1 aliphatic heterocycles. The van der Waals surface area contributed by atoms with Gasteiger partial charge >= 0.3 is 0 Å². The molecule has 0 aliphatic carbocycles. The first-order valence-electron chi connectivity index (χ1n) is 8.95. The van der Waals surface area contributed by atoms with Gasteiger partial charge in [-0.2, -0.15) is 10.1 Å². The molecule has 28 heavy (non-hydrogen) atoms. The van der Waals surface area contributed by atoms with Crippen LogP contribution in [0.25, 0.3) is 0 Å². The van der Waals surface area contributed by atoms with E-state index >= 15 is 0 Å². The minimum absolute atomic E-state index is 0.121. The predicted molar refractivity (Wildman–Crippen MR) is 100 cm³/mol. The van der Waals surface area contributed by atoms with Crippen LogP contribution >= 0.6 is 0 Å². The Labute approximate surface area is 161 Å². The Balaban J connectivity index is 1.36. The van der Waals surface area contributed by atoms with Crippen molar-refractivity contribution in [1.82, 2.24) is 20.1 Å². The highest BCUT2D eigenvalue weighted by atomic mass is 19.1. The van der Waals surface area contributed by atoms with Crippen molar-refractivity contribution in [1.29, 1.82) is 0 Å². The maximum atomic E-state index is 13.7. The lowest BCUT2D eigenvalue weighted by molar-refractivity contribution is 0.0714. The number of nitrogens with zero attached hydrogens (tertiary/aromatic N) is 5. The van der Waals surface area contributed by atoms with E-state index in [1.165, 1.54) is 18.5 Å². The molecular weight excluding hydrogens is 363 g/mol. The maximum absolute atomic E-state index is 13.7. The number of carbonyl (C=O) groups excluding carboxylic acids is 1. The van der Waals surface area contributed by atoms with Gasteiger partial charge in [-0.05, 0) is 18.2 Å². The highest BCUT2D eigenvalue weighted by Gasteiger charge is 2.25. The van der Waals surface area contributed by atoms with E-state index in [0.29, 0.717) is 55.8 Å². The summed E-state index contributed by atoms with van der Waals surface area (Å²) >= 11 is 0. The number of amides is 1. The molecule has 1 aromatic carbocycles. The fraction of sp³-hybridized carbons (Fsp3) is 0.263. The number of nitrogens with one attached hydrogen (secondary N) is 1. The van der Waals surface area contributed by atoms with Gasteiger partial charge in [0.15, 0.2) is 11.6 Å². The van der Waals surface area contributed by atoms with Gasteiger partial charge in [-0.1, -0.05) is 18.2 Å². The Kier molecular flexibility index (Phi) is 5.14. The Morgan fingerprint density at radius 1 is 1.14 bits per heavy atom. The molecule has 1 fully saturated rings. The molecule has 0 radical (unpaired) electrons. The number of benzene rings is 1. The number of anilines is 2. The first kappa shape index (κ1) is 17.9. The van der Waals surface area contributed by atoms with E-state index in [1.54, 1.807) is 35.2 Å². The summed E-state index contributed by atoms with van der Waals surface area (Å²) < 4.78 is 18.9.